The van der Waals surface area contributed by atoms with Gasteiger partial charge in [0.25, 0.3) is 6.43 Å². The van der Waals surface area contributed by atoms with Crippen LogP contribution in [0.1, 0.15) is 58.6 Å². The summed E-state index contributed by atoms with van der Waals surface area (Å²) in [6, 6.07) is 1.73. The molecule has 1 fully saturated rings. The van der Waals surface area contributed by atoms with Crippen molar-refractivity contribution in [1.82, 2.24) is 4.98 Å². The smallest absolute Gasteiger partial charge is 0.433 e. The minimum atomic E-state index is -4.95. The average molecular weight is 388 g/mol. The van der Waals surface area contributed by atoms with Gasteiger partial charge in [0, 0.05) is 6.08 Å². The highest BCUT2D eigenvalue weighted by Crippen LogP contribution is 2.41. The number of hydrogen-bond acceptors (Lipinski definition) is 4. The summed E-state index contributed by atoms with van der Waals surface area (Å²) in [5.74, 6) is -1.09. The van der Waals surface area contributed by atoms with E-state index < -0.39 is 35.5 Å². The first-order valence-corrected chi connectivity index (χ1v) is 8.24. The topological polar surface area (TPSA) is 63.0 Å². The zero-order valence-corrected chi connectivity index (χ0v) is 14.4. The first-order chi connectivity index (χ1) is 12.7. The van der Waals surface area contributed by atoms with Crippen molar-refractivity contribution in [1.29, 1.82) is 5.26 Å². The lowest BCUT2D eigenvalue weighted by Crippen LogP contribution is -2.22. The van der Waals surface area contributed by atoms with Gasteiger partial charge in [-0.3, -0.25) is 0 Å². The Morgan fingerprint density at radius 1 is 1.37 bits per heavy atom. The van der Waals surface area contributed by atoms with Crippen molar-refractivity contribution in [2.45, 2.75) is 44.7 Å². The summed E-state index contributed by atoms with van der Waals surface area (Å²) >= 11 is 0. The maximum absolute atomic E-state index is 13.5. The molecule has 4 nitrogen and oxygen atoms in total. The predicted molar refractivity (Wildman–Crippen MR) is 85.0 cm³/mol. The number of aromatic nitrogens is 1. The minimum absolute atomic E-state index is 0.0378. The number of carbonyl (C=O) groups excluding carboxylic acids is 1. The molecular formula is C18H17F5N2O2. The third kappa shape index (κ3) is 5.02. The third-order valence-corrected chi connectivity index (χ3v) is 4.25. The molecule has 0 aliphatic heterocycles. The fourth-order valence-corrected chi connectivity index (χ4v) is 2.88. The summed E-state index contributed by atoms with van der Waals surface area (Å²) in [6.07, 6.45) is -4.34. The van der Waals surface area contributed by atoms with E-state index in [1.807, 2.05) is 0 Å². The summed E-state index contributed by atoms with van der Waals surface area (Å²) in [6.45, 7) is 0. The van der Waals surface area contributed by atoms with Crippen molar-refractivity contribution in [3.8, 4) is 6.07 Å². The number of hydrogen-bond donors (Lipinski definition) is 0. The van der Waals surface area contributed by atoms with Crippen molar-refractivity contribution in [3.05, 3.63) is 40.2 Å². The molecule has 1 aliphatic carbocycles. The average Bonchev–Trinajstić information content (AvgIpc) is 3.41. The zero-order chi connectivity index (χ0) is 20.2. The van der Waals surface area contributed by atoms with Gasteiger partial charge in [0.05, 0.1) is 18.7 Å². The summed E-state index contributed by atoms with van der Waals surface area (Å²) in [5, 5.41) is 8.50. The van der Waals surface area contributed by atoms with Crippen LogP contribution >= 0.6 is 0 Å². The van der Waals surface area contributed by atoms with Gasteiger partial charge in [0.2, 0.25) is 0 Å². The van der Waals surface area contributed by atoms with Gasteiger partial charge >= 0.3 is 12.1 Å². The van der Waals surface area contributed by atoms with E-state index in [1.165, 1.54) is 6.08 Å². The van der Waals surface area contributed by atoms with E-state index >= 15 is 0 Å². The zero-order valence-electron chi connectivity index (χ0n) is 14.4. The summed E-state index contributed by atoms with van der Waals surface area (Å²) in [5.41, 5.74) is -3.56. The minimum Gasteiger partial charge on any atom is -0.465 e. The fraction of sp³-hybridized carbons (Fsp3) is 0.500. The maximum Gasteiger partial charge on any atom is 0.433 e. The highest BCUT2D eigenvalue weighted by molar-refractivity contribution is 5.93. The standard InChI is InChI=1S/C18H17F5N2O2/c1-27-17(26)13-12(9-10-6-7-10)11(5-3-2-4-8-24)15(18(21,22)23)25-14(13)16(19)20/h2,4,10,16H,3,5-7,9H2,1H3. The van der Waals surface area contributed by atoms with Crippen LogP contribution in [0.2, 0.25) is 0 Å². The fourth-order valence-electron chi connectivity index (χ4n) is 2.88. The highest BCUT2D eigenvalue weighted by Gasteiger charge is 2.41. The summed E-state index contributed by atoms with van der Waals surface area (Å²) in [4.78, 5) is 15.3. The number of esters is 1. The van der Waals surface area contributed by atoms with Crippen molar-refractivity contribution < 1.29 is 31.5 Å². The molecule has 0 aromatic carbocycles. The number of nitrogens with zero attached hydrogens (tertiary/aromatic N) is 2. The normalized spacial score (nSPS) is 14.6. The molecule has 1 aromatic heterocycles. The number of allylic oxidation sites excluding steroid dienone is 2. The Hall–Kier alpha value is -2.50. The van der Waals surface area contributed by atoms with E-state index in [1.54, 1.807) is 6.07 Å². The number of ether oxygens (including phenoxy) is 1. The van der Waals surface area contributed by atoms with Crippen LogP contribution < -0.4 is 0 Å². The molecule has 146 valence electrons. The second-order valence-electron chi connectivity index (χ2n) is 6.19. The molecular weight excluding hydrogens is 371 g/mol. The van der Waals surface area contributed by atoms with E-state index in [4.69, 9.17) is 5.26 Å². The SMILES string of the molecule is COC(=O)c1c(C(F)F)nc(C(F)(F)F)c(CCC=CC#N)c1CC1CC1. The van der Waals surface area contributed by atoms with E-state index in [9.17, 15) is 26.7 Å². The Morgan fingerprint density at radius 2 is 2.04 bits per heavy atom. The number of nitriles is 1. The first-order valence-electron chi connectivity index (χ1n) is 8.24. The van der Waals surface area contributed by atoms with Crippen molar-refractivity contribution >= 4 is 5.97 Å². The molecule has 27 heavy (non-hydrogen) atoms. The van der Waals surface area contributed by atoms with Gasteiger partial charge in [0.15, 0.2) is 0 Å². The molecule has 9 heteroatoms. The van der Waals surface area contributed by atoms with Crippen molar-refractivity contribution in [3.63, 3.8) is 0 Å². The summed E-state index contributed by atoms with van der Waals surface area (Å²) in [7, 11) is 0.978. The lowest BCUT2D eigenvalue weighted by molar-refractivity contribution is -0.142. The Morgan fingerprint density at radius 3 is 2.52 bits per heavy atom. The van der Waals surface area contributed by atoms with Crippen LogP contribution in [0.25, 0.3) is 0 Å². The summed E-state index contributed by atoms with van der Waals surface area (Å²) < 4.78 is 72.0. The van der Waals surface area contributed by atoms with E-state index in [-0.39, 0.29) is 36.3 Å². The molecule has 0 N–H and O–H groups in total. The van der Waals surface area contributed by atoms with Crippen LogP contribution in [-0.4, -0.2) is 18.1 Å². The molecule has 0 amide bonds. The Bertz CT molecular complexity index is 777. The van der Waals surface area contributed by atoms with E-state index in [0.29, 0.717) is 0 Å². The first kappa shape index (κ1) is 20.8. The van der Waals surface area contributed by atoms with Crippen LogP contribution in [0.4, 0.5) is 22.0 Å². The molecule has 0 unspecified atom stereocenters. The third-order valence-electron chi connectivity index (χ3n) is 4.25. The van der Waals surface area contributed by atoms with Crippen LogP contribution in [0.15, 0.2) is 12.2 Å². The molecule has 0 atom stereocenters. The van der Waals surface area contributed by atoms with Gasteiger partial charge in [0.1, 0.15) is 11.4 Å². The van der Waals surface area contributed by atoms with Gasteiger partial charge in [-0.05, 0) is 49.1 Å². The number of pyridine rings is 1. The predicted octanol–water partition coefficient (Wildman–Crippen LogP) is 4.79. The number of rotatable bonds is 7. The molecule has 0 saturated heterocycles. The lowest BCUT2D eigenvalue weighted by Gasteiger charge is -2.21. The number of alkyl halides is 5. The lowest BCUT2D eigenvalue weighted by atomic mass is 9.91. The largest absolute Gasteiger partial charge is 0.465 e. The molecule has 0 spiro atoms. The number of halogens is 5. The van der Waals surface area contributed by atoms with Crippen LogP contribution in [0, 0.1) is 17.2 Å². The van der Waals surface area contributed by atoms with Gasteiger partial charge in [-0.2, -0.15) is 18.4 Å². The second kappa shape index (κ2) is 8.46. The number of methoxy groups -OCH3 is 1. The van der Waals surface area contributed by atoms with Crippen molar-refractivity contribution in [2.75, 3.05) is 7.11 Å². The van der Waals surface area contributed by atoms with Gasteiger partial charge < -0.3 is 4.74 Å². The Balaban J connectivity index is 2.72. The monoisotopic (exact) mass is 388 g/mol. The Kier molecular flexibility index (Phi) is 6.52. The van der Waals surface area contributed by atoms with Gasteiger partial charge in [-0.15, -0.1) is 0 Å². The van der Waals surface area contributed by atoms with E-state index in [2.05, 4.69) is 9.72 Å². The number of carbonyl (C=O) groups is 1. The molecule has 1 heterocycles. The van der Waals surface area contributed by atoms with Gasteiger partial charge in [-0.25, -0.2) is 18.6 Å². The molecule has 1 aromatic rings. The van der Waals surface area contributed by atoms with Gasteiger partial charge in [-0.1, -0.05) is 6.08 Å². The molecule has 0 bridgehead atoms. The molecule has 1 saturated carbocycles. The van der Waals surface area contributed by atoms with Crippen LogP contribution in [0.5, 0.6) is 0 Å². The molecule has 1 aliphatic rings. The second-order valence-corrected chi connectivity index (χ2v) is 6.19. The van der Waals surface area contributed by atoms with Crippen LogP contribution in [0.3, 0.4) is 0 Å². The maximum atomic E-state index is 13.5. The quantitative estimate of drug-likeness (QED) is 0.383. The molecule has 2 rings (SSSR count). The highest BCUT2D eigenvalue weighted by atomic mass is 19.4. The molecule has 0 radical (unpaired) electrons. The Labute approximate surface area is 152 Å². The van der Waals surface area contributed by atoms with E-state index in [0.717, 1.165) is 26.0 Å². The van der Waals surface area contributed by atoms with Crippen LogP contribution in [-0.2, 0) is 23.8 Å². The van der Waals surface area contributed by atoms with Crippen molar-refractivity contribution in [2.24, 2.45) is 5.92 Å².